The Morgan fingerprint density at radius 3 is 2.18 bits per heavy atom. The molecule has 0 bridgehead atoms. The van der Waals surface area contributed by atoms with Crippen LogP contribution in [0.2, 0.25) is 0 Å². The van der Waals surface area contributed by atoms with Crippen molar-refractivity contribution in [3.63, 3.8) is 0 Å². The molecule has 0 saturated carbocycles. The molecule has 0 aromatic heterocycles. The molecule has 17 heavy (non-hydrogen) atoms. The maximum atomic E-state index is 10.4. The fourth-order valence-corrected chi connectivity index (χ4v) is 1.91. The standard InChI is InChI=1S/C15H20O2/c1-10-9-11(2)13(4)14(12(10)3)7-5-6-8-15(16)17/h5,7,9H,6,8H2,1-4H3,(H,16,17)/b7-5+. The van der Waals surface area contributed by atoms with Crippen LogP contribution in [0, 0.1) is 27.7 Å². The fraction of sp³-hybridized carbons (Fsp3) is 0.400. The van der Waals surface area contributed by atoms with E-state index in [1.165, 1.54) is 27.8 Å². The summed E-state index contributed by atoms with van der Waals surface area (Å²) in [6, 6.07) is 2.19. The van der Waals surface area contributed by atoms with Gasteiger partial charge in [0.05, 0.1) is 0 Å². The molecule has 0 aliphatic heterocycles. The Morgan fingerprint density at radius 1 is 1.18 bits per heavy atom. The number of allylic oxidation sites excluding steroid dienone is 1. The van der Waals surface area contributed by atoms with Crippen molar-refractivity contribution in [1.82, 2.24) is 0 Å². The lowest BCUT2D eigenvalue weighted by Crippen LogP contribution is -1.95. The first-order chi connectivity index (χ1) is 7.93. The lowest BCUT2D eigenvalue weighted by Gasteiger charge is -2.12. The van der Waals surface area contributed by atoms with Crippen molar-refractivity contribution in [1.29, 1.82) is 0 Å². The van der Waals surface area contributed by atoms with Crippen LogP contribution in [0.1, 0.15) is 40.7 Å². The highest BCUT2D eigenvalue weighted by molar-refractivity contribution is 5.67. The van der Waals surface area contributed by atoms with E-state index in [9.17, 15) is 4.79 Å². The lowest BCUT2D eigenvalue weighted by molar-refractivity contribution is -0.136. The largest absolute Gasteiger partial charge is 0.481 e. The van der Waals surface area contributed by atoms with E-state index in [-0.39, 0.29) is 6.42 Å². The van der Waals surface area contributed by atoms with Crippen LogP contribution < -0.4 is 0 Å². The quantitative estimate of drug-likeness (QED) is 0.857. The number of aliphatic carboxylic acids is 1. The van der Waals surface area contributed by atoms with Crippen LogP contribution >= 0.6 is 0 Å². The van der Waals surface area contributed by atoms with Gasteiger partial charge in [-0.3, -0.25) is 4.79 Å². The maximum Gasteiger partial charge on any atom is 0.303 e. The summed E-state index contributed by atoms with van der Waals surface area (Å²) >= 11 is 0. The van der Waals surface area contributed by atoms with E-state index >= 15 is 0 Å². The number of rotatable bonds is 4. The Bertz CT molecular complexity index is 430. The van der Waals surface area contributed by atoms with Gasteiger partial charge in [-0.2, -0.15) is 0 Å². The van der Waals surface area contributed by atoms with Crippen molar-refractivity contribution in [3.05, 3.63) is 40.0 Å². The van der Waals surface area contributed by atoms with Gasteiger partial charge in [-0.25, -0.2) is 0 Å². The van der Waals surface area contributed by atoms with Crippen LogP contribution in [-0.2, 0) is 4.79 Å². The Morgan fingerprint density at radius 2 is 1.71 bits per heavy atom. The van der Waals surface area contributed by atoms with E-state index in [0.29, 0.717) is 6.42 Å². The second-order valence-electron chi connectivity index (χ2n) is 4.51. The smallest absolute Gasteiger partial charge is 0.303 e. The SMILES string of the molecule is Cc1cc(C)c(C)c(/C=C/CCC(=O)O)c1C. The molecule has 92 valence electrons. The lowest BCUT2D eigenvalue weighted by atomic mass is 9.94. The molecule has 0 atom stereocenters. The summed E-state index contributed by atoms with van der Waals surface area (Å²) in [5.74, 6) is -0.747. The van der Waals surface area contributed by atoms with Gasteiger partial charge in [0.25, 0.3) is 0 Å². The average Bonchev–Trinajstić information content (AvgIpc) is 2.25. The molecule has 0 aliphatic carbocycles. The number of benzene rings is 1. The van der Waals surface area contributed by atoms with Crippen LogP contribution in [-0.4, -0.2) is 11.1 Å². The third kappa shape index (κ3) is 3.45. The van der Waals surface area contributed by atoms with Gasteiger partial charge < -0.3 is 5.11 Å². The second kappa shape index (κ2) is 5.67. The van der Waals surface area contributed by atoms with Gasteiger partial charge in [0.15, 0.2) is 0 Å². The molecule has 1 rings (SSSR count). The van der Waals surface area contributed by atoms with Crippen molar-refractivity contribution in [2.45, 2.75) is 40.5 Å². The van der Waals surface area contributed by atoms with Crippen LogP contribution in [0.25, 0.3) is 6.08 Å². The highest BCUT2D eigenvalue weighted by Gasteiger charge is 2.05. The van der Waals surface area contributed by atoms with Crippen molar-refractivity contribution >= 4 is 12.0 Å². The minimum atomic E-state index is -0.747. The van der Waals surface area contributed by atoms with E-state index in [0.717, 1.165) is 0 Å². The number of hydrogen-bond acceptors (Lipinski definition) is 1. The monoisotopic (exact) mass is 232 g/mol. The molecule has 1 N–H and O–H groups in total. The minimum Gasteiger partial charge on any atom is -0.481 e. The predicted molar refractivity (Wildman–Crippen MR) is 71.3 cm³/mol. The molecule has 0 fully saturated rings. The van der Waals surface area contributed by atoms with Crippen molar-refractivity contribution in [3.8, 4) is 0 Å². The van der Waals surface area contributed by atoms with E-state index in [1.807, 2.05) is 12.2 Å². The van der Waals surface area contributed by atoms with E-state index in [4.69, 9.17) is 5.11 Å². The summed E-state index contributed by atoms with van der Waals surface area (Å²) in [6.07, 6.45) is 4.77. The zero-order chi connectivity index (χ0) is 13.0. The van der Waals surface area contributed by atoms with Crippen LogP contribution in [0.5, 0.6) is 0 Å². The van der Waals surface area contributed by atoms with Gasteiger partial charge in [-0.1, -0.05) is 18.2 Å². The van der Waals surface area contributed by atoms with Gasteiger partial charge >= 0.3 is 5.97 Å². The first-order valence-electron chi connectivity index (χ1n) is 5.89. The molecule has 0 amide bonds. The zero-order valence-corrected chi connectivity index (χ0v) is 11.0. The topological polar surface area (TPSA) is 37.3 Å². The van der Waals surface area contributed by atoms with Gasteiger partial charge in [-0.05, 0) is 61.9 Å². The van der Waals surface area contributed by atoms with E-state index < -0.39 is 5.97 Å². The Labute approximate surface area is 103 Å². The normalized spacial score (nSPS) is 11.1. The van der Waals surface area contributed by atoms with Crippen LogP contribution in [0.4, 0.5) is 0 Å². The van der Waals surface area contributed by atoms with Gasteiger partial charge in [0, 0.05) is 6.42 Å². The zero-order valence-electron chi connectivity index (χ0n) is 11.0. The first kappa shape index (κ1) is 13.5. The number of carboxylic acids is 1. The molecular weight excluding hydrogens is 212 g/mol. The summed E-state index contributed by atoms with van der Waals surface area (Å²) in [6.45, 7) is 8.43. The first-order valence-corrected chi connectivity index (χ1v) is 5.89. The van der Waals surface area contributed by atoms with E-state index in [1.54, 1.807) is 0 Å². The summed E-state index contributed by atoms with van der Waals surface area (Å²) in [4.78, 5) is 10.4. The molecular formula is C15H20O2. The summed E-state index contributed by atoms with van der Waals surface area (Å²) < 4.78 is 0. The van der Waals surface area contributed by atoms with E-state index in [2.05, 4.69) is 33.8 Å². The van der Waals surface area contributed by atoms with Gasteiger partial charge in [0.1, 0.15) is 0 Å². The second-order valence-corrected chi connectivity index (χ2v) is 4.51. The average molecular weight is 232 g/mol. The molecule has 1 aromatic rings. The number of carbonyl (C=O) groups is 1. The number of hydrogen-bond donors (Lipinski definition) is 1. The van der Waals surface area contributed by atoms with Crippen molar-refractivity contribution in [2.75, 3.05) is 0 Å². The molecule has 0 radical (unpaired) electrons. The van der Waals surface area contributed by atoms with Gasteiger partial charge in [-0.15, -0.1) is 0 Å². The predicted octanol–water partition coefficient (Wildman–Crippen LogP) is 3.80. The highest BCUT2D eigenvalue weighted by Crippen LogP contribution is 2.23. The molecule has 2 heteroatoms. The Balaban J connectivity index is 2.94. The van der Waals surface area contributed by atoms with Crippen molar-refractivity contribution < 1.29 is 9.90 Å². The summed E-state index contributed by atoms with van der Waals surface area (Å²) in [7, 11) is 0. The molecule has 1 aromatic carbocycles. The number of carboxylic acid groups (broad SMARTS) is 1. The Hall–Kier alpha value is -1.57. The molecule has 0 heterocycles. The molecule has 0 saturated heterocycles. The third-order valence-electron chi connectivity index (χ3n) is 3.23. The fourth-order valence-electron chi connectivity index (χ4n) is 1.91. The van der Waals surface area contributed by atoms with Gasteiger partial charge in [0.2, 0.25) is 0 Å². The minimum absolute atomic E-state index is 0.194. The summed E-state index contributed by atoms with van der Waals surface area (Å²) in [5, 5.41) is 8.57. The summed E-state index contributed by atoms with van der Waals surface area (Å²) in [5.41, 5.74) is 6.35. The van der Waals surface area contributed by atoms with Crippen molar-refractivity contribution in [2.24, 2.45) is 0 Å². The molecule has 0 spiro atoms. The maximum absolute atomic E-state index is 10.4. The molecule has 2 nitrogen and oxygen atoms in total. The van der Waals surface area contributed by atoms with Crippen LogP contribution in [0.15, 0.2) is 12.1 Å². The number of aryl methyl sites for hydroxylation is 2. The highest BCUT2D eigenvalue weighted by atomic mass is 16.4. The third-order valence-corrected chi connectivity index (χ3v) is 3.23. The molecule has 0 unspecified atom stereocenters. The van der Waals surface area contributed by atoms with Crippen LogP contribution in [0.3, 0.4) is 0 Å². The Kier molecular flexibility index (Phi) is 4.50. The molecule has 0 aliphatic rings.